The summed E-state index contributed by atoms with van der Waals surface area (Å²) in [5, 5.41) is 12.1. The normalized spacial score (nSPS) is 11.0. The minimum absolute atomic E-state index is 0.0804. The van der Waals surface area contributed by atoms with Crippen molar-refractivity contribution in [2.24, 2.45) is 0 Å². The number of pyridine rings is 1. The summed E-state index contributed by atoms with van der Waals surface area (Å²) in [7, 11) is 2.08. The van der Waals surface area contributed by atoms with E-state index in [1.165, 1.54) is 12.3 Å². The Hall–Kier alpha value is -1.82. The van der Waals surface area contributed by atoms with Gasteiger partial charge in [0, 0.05) is 12.6 Å². The van der Waals surface area contributed by atoms with Gasteiger partial charge in [-0.1, -0.05) is 0 Å². The number of rotatable bonds is 7. The van der Waals surface area contributed by atoms with Gasteiger partial charge in [0.25, 0.3) is 0 Å². The SMILES string of the molecule is CC(C)N(C)CCCNc1cc(C(=O)O)c(N)cn1. The molecule has 1 aromatic rings. The second-order valence-electron chi connectivity index (χ2n) is 4.82. The van der Waals surface area contributed by atoms with Crippen LogP contribution < -0.4 is 11.1 Å². The molecule has 0 saturated heterocycles. The summed E-state index contributed by atoms with van der Waals surface area (Å²) in [5.41, 5.74) is 5.80. The highest BCUT2D eigenvalue weighted by Gasteiger charge is 2.09. The first kappa shape index (κ1) is 15.2. The number of aromatic nitrogens is 1. The number of carboxylic acid groups (broad SMARTS) is 1. The predicted octanol–water partition coefficient (Wildman–Crippen LogP) is 1.50. The van der Waals surface area contributed by atoms with Crippen LogP contribution in [0.1, 0.15) is 30.6 Å². The molecule has 19 heavy (non-hydrogen) atoms. The maximum Gasteiger partial charge on any atom is 0.337 e. The van der Waals surface area contributed by atoms with Gasteiger partial charge in [-0.05, 0) is 39.9 Å². The molecule has 4 N–H and O–H groups in total. The van der Waals surface area contributed by atoms with Crippen molar-refractivity contribution in [3.8, 4) is 0 Å². The van der Waals surface area contributed by atoms with Crippen LogP contribution in [-0.2, 0) is 0 Å². The number of nitrogens with two attached hydrogens (primary N) is 1. The zero-order valence-corrected chi connectivity index (χ0v) is 11.7. The van der Waals surface area contributed by atoms with Crippen LogP contribution in [0.15, 0.2) is 12.3 Å². The molecular weight excluding hydrogens is 244 g/mol. The predicted molar refractivity (Wildman–Crippen MR) is 76.5 cm³/mol. The third-order valence-electron chi connectivity index (χ3n) is 3.04. The number of anilines is 2. The zero-order valence-electron chi connectivity index (χ0n) is 11.7. The lowest BCUT2D eigenvalue weighted by molar-refractivity contribution is 0.0698. The number of hydrogen-bond acceptors (Lipinski definition) is 5. The lowest BCUT2D eigenvalue weighted by Crippen LogP contribution is -2.28. The molecule has 0 amide bonds. The first-order valence-electron chi connectivity index (χ1n) is 6.34. The van der Waals surface area contributed by atoms with Gasteiger partial charge >= 0.3 is 5.97 Å². The summed E-state index contributed by atoms with van der Waals surface area (Å²) in [6.07, 6.45) is 2.33. The minimum Gasteiger partial charge on any atom is -0.478 e. The molecule has 0 aliphatic heterocycles. The summed E-state index contributed by atoms with van der Waals surface area (Å²) in [5.74, 6) is -0.499. The number of nitrogens with one attached hydrogen (secondary N) is 1. The molecule has 6 nitrogen and oxygen atoms in total. The Balaban J connectivity index is 2.46. The Morgan fingerprint density at radius 3 is 2.84 bits per heavy atom. The molecule has 1 rings (SSSR count). The first-order valence-corrected chi connectivity index (χ1v) is 6.34. The Morgan fingerprint density at radius 2 is 2.26 bits per heavy atom. The number of aromatic carboxylic acids is 1. The van der Waals surface area contributed by atoms with Gasteiger partial charge in [-0.15, -0.1) is 0 Å². The number of nitrogen functional groups attached to an aromatic ring is 1. The number of carbonyl (C=O) groups is 1. The molecule has 0 bridgehead atoms. The highest BCUT2D eigenvalue weighted by atomic mass is 16.4. The average molecular weight is 266 g/mol. The van der Waals surface area contributed by atoms with E-state index in [1.54, 1.807) is 0 Å². The van der Waals surface area contributed by atoms with E-state index < -0.39 is 5.97 Å². The van der Waals surface area contributed by atoms with Gasteiger partial charge in [0.15, 0.2) is 0 Å². The topological polar surface area (TPSA) is 91.5 Å². The van der Waals surface area contributed by atoms with Gasteiger partial charge in [0.05, 0.1) is 17.4 Å². The fourth-order valence-electron chi connectivity index (χ4n) is 1.55. The fraction of sp³-hybridized carbons (Fsp3) is 0.538. The Morgan fingerprint density at radius 1 is 1.58 bits per heavy atom. The molecule has 0 unspecified atom stereocenters. The van der Waals surface area contributed by atoms with E-state index in [4.69, 9.17) is 10.8 Å². The Kier molecular flexibility index (Phi) is 5.57. The Labute approximate surface area is 113 Å². The van der Waals surface area contributed by atoms with Gasteiger partial charge in [-0.2, -0.15) is 0 Å². The van der Waals surface area contributed by atoms with E-state index >= 15 is 0 Å². The lowest BCUT2D eigenvalue weighted by atomic mass is 10.2. The molecule has 106 valence electrons. The maximum absolute atomic E-state index is 10.9. The summed E-state index contributed by atoms with van der Waals surface area (Å²) in [4.78, 5) is 17.2. The first-order chi connectivity index (χ1) is 8.91. The molecule has 0 aromatic carbocycles. The second-order valence-corrected chi connectivity index (χ2v) is 4.82. The number of hydrogen-bond donors (Lipinski definition) is 3. The largest absolute Gasteiger partial charge is 0.478 e. The Bertz CT molecular complexity index is 435. The van der Waals surface area contributed by atoms with E-state index in [0.29, 0.717) is 11.9 Å². The third kappa shape index (κ3) is 4.75. The summed E-state index contributed by atoms with van der Waals surface area (Å²) < 4.78 is 0. The van der Waals surface area contributed by atoms with E-state index in [9.17, 15) is 4.79 Å². The van der Waals surface area contributed by atoms with Crippen LogP contribution in [-0.4, -0.2) is 47.1 Å². The van der Waals surface area contributed by atoms with Crippen molar-refractivity contribution in [1.82, 2.24) is 9.88 Å². The van der Waals surface area contributed by atoms with Crippen LogP contribution in [0, 0.1) is 0 Å². The van der Waals surface area contributed by atoms with Gasteiger partial charge in [0.2, 0.25) is 0 Å². The minimum atomic E-state index is -1.04. The van der Waals surface area contributed by atoms with E-state index in [-0.39, 0.29) is 11.3 Å². The zero-order chi connectivity index (χ0) is 14.4. The van der Waals surface area contributed by atoms with Crippen molar-refractivity contribution in [3.05, 3.63) is 17.8 Å². The third-order valence-corrected chi connectivity index (χ3v) is 3.04. The molecule has 0 radical (unpaired) electrons. The van der Waals surface area contributed by atoms with Crippen LogP contribution in [0.5, 0.6) is 0 Å². The average Bonchev–Trinajstić information content (AvgIpc) is 2.35. The van der Waals surface area contributed by atoms with Crippen molar-refractivity contribution in [1.29, 1.82) is 0 Å². The molecule has 0 aliphatic carbocycles. The molecular formula is C13H22N4O2. The summed E-state index contributed by atoms with van der Waals surface area (Å²) >= 11 is 0. The molecule has 6 heteroatoms. The molecule has 0 spiro atoms. The molecule has 0 fully saturated rings. The van der Waals surface area contributed by atoms with Gasteiger partial charge in [0.1, 0.15) is 5.82 Å². The lowest BCUT2D eigenvalue weighted by Gasteiger charge is -2.20. The molecule has 1 aromatic heterocycles. The number of nitrogens with zero attached hydrogens (tertiary/aromatic N) is 2. The van der Waals surface area contributed by atoms with E-state index in [1.807, 2.05) is 0 Å². The van der Waals surface area contributed by atoms with E-state index in [2.05, 4.69) is 36.1 Å². The monoisotopic (exact) mass is 266 g/mol. The smallest absolute Gasteiger partial charge is 0.337 e. The van der Waals surface area contributed by atoms with Crippen molar-refractivity contribution in [3.63, 3.8) is 0 Å². The van der Waals surface area contributed by atoms with Gasteiger partial charge in [-0.25, -0.2) is 9.78 Å². The van der Waals surface area contributed by atoms with Crippen molar-refractivity contribution in [2.75, 3.05) is 31.2 Å². The van der Waals surface area contributed by atoms with Crippen molar-refractivity contribution in [2.45, 2.75) is 26.3 Å². The van der Waals surface area contributed by atoms with Gasteiger partial charge in [-0.3, -0.25) is 0 Å². The molecule has 0 saturated carbocycles. The quantitative estimate of drug-likeness (QED) is 0.648. The van der Waals surface area contributed by atoms with Crippen LogP contribution in [0.3, 0.4) is 0 Å². The van der Waals surface area contributed by atoms with Crippen LogP contribution in [0.2, 0.25) is 0 Å². The van der Waals surface area contributed by atoms with Crippen LogP contribution in [0.4, 0.5) is 11.5 Å². The fourth-order valence-corrected chi connectivity index (χ4v) is 1.55. The van der Waals surface area contributed by atoms with Gasteiger partial charge < -0.3 is 21.1 Å². The highest BCUT2D eigenvalue weighted by molar-refractivity contribution is 5.94. The standard InChI is InChI=1S/C13H22N4O2/c1-9(2)17(3)6-4-5-15-12-7-10(13(18)19)11(14)8-16-12/h7-9H,4-6,14H2,1-3H3,(H,15,16)(H,18,19). The second kappa shape index (κ2) is 6.94. The maximum atomic E-state index is 10.9. The van der Waals surface area contributed by atoms with E-state index in [0.717, 1.165) is 19.5 Å². The van der Waals surface area contributed by atoms with Crippen molar-refractivity contribution >= 4 is 17.5 Å². The molecule has 0 atom stereocenters. The summed E-state index contributed by atoms with van der Waals surface area (Å²) in [6, 6.07) is 1.98. The molecule has 0 aliphatic rings. The van der Waals surface area contributed by atoms with Crippen molar-refractivity contribution < 1.29 is 9.90 Å². The highest BCUT2D eigenvalue weighted by Crippen LogP contribution is 2.14. The van der Waals surface area contributed by atoms with Crippen LogP contribution >= 0.6 is 0 Å². The summed E-state index contributed by atoms with van der Waals surface area (Å²) in [6.45, 7) is 6.01. The molecule has 1 heterocycles. The number of carboxylic acids is 1. The van der Waals surface area contributed by atoms with Crippen LogP contribution in [0.25, 0.3) is 0 Å².